The molecule has 132 valence electrons. The molecule has 0 aromatic carbocycles. The molecule has 10 heteroatoms. The summed E-state index contributed by atoms with van der Waals surface area (Å²) in [6.45, 7) is 3.37. The molecule has 0 spiro atoms. The summed E-state index contributed by atoms with van der Waals surface area (Å²) in [7, 11) is -0.501. The van der Waals surface area contributed by atoms with Crippen LogP contribution in [0.5, 0.6) is 5.75 Å². The SMILES string of the molecule is COc1cn2ncnc(N3CCC(N(C)S(N)(=O)=O)CC3)c2c1C. The van der Waals surface area contributed by atoms with Gasteiger partial charge >= 0.3 is 0 Å². The lowest BCUT2D eigenvalue weighted by Crippen LogP contribution is -2.47. The maximum Gasteiger partial charge on any atom is 0.276 e. The highest BCUT2D eigenvalue weighted by molar-refractivity contribution is 7.86. The summed E-state index contributed by atoms with van der Waals surface area (Å²) in [6.07, 6.45) is 4.74. The molecule has 0 radical (unpaired) electrons. The summed E-state index contributed by atoms with van der Waals surface area (Å²) in [5.74, 6) is 1.60. The van der Waals surface area contributed by atoms with Crippen LogP contribution in [0.15, 0.2) is 12.5 Å². The first kappa shape index (κ1) is 16.9. The van der Waals surface area contributed by atoms with Crippen molar-refractivity contribution >= 4 is 21.5 Å². The zero-order valence-corrected chi connectivity index (χ0v) is 14.8. The second-order valence-electron chi connectivity index (χ2n) is 5.98. The Bertz CT molecular complexity index is 842. The molecule has 2 aromatic rings. The molecule has 0 saturated carbocycles. The highest BCUT2D eigenvalue weighted by Gasteiger charge is 2.29. The number of ether oxygens (including phenoxy) is 1. The second-order valence-corrected chi connectivity index (χ2v) is 7.58. The zero-order chi connectivity index (χ0) is 17.5. The maximum atomic E-state index is 11.5. The van der Waals surface area contributed by atoms with Crippen LogP contribution < -0.4 is 14.8 Å². The lowest BCUT2D eigenvalue weighted by Gasteiger charge is -2.36. The molecule has 1 aliphatic heterocycles. The van der Waals surface area contributed by atoms with E-state index in [1.807, 2.05) is 13.1 Å². The molecular weight excluding hydrogens is 332 g/mol. The number of rotatable bonds is 4. The van der Waals surface area contributed by atoms with Crippen LogP contribution in [-0.4, -0.2) is 60.6 Å². The third-order valence-electron chi connectivity index (χ3n) is 4.66. The zero-order valence-electron chi connectivity index (χ0n) is 14.0. The van der Waals surface area contributed by atoms with Crippen LogP contribution >= 0.6 is 0 Å². The smallest absolute Gasteiger partial charge is 0.276 e. The molecule has 2 N–H and O–H groups in total. The van der Waals surface area contributed by atoms with Crippen molar-refractivity contribution in [2.24, 2.45) is 5.14 Å². The molecule has 24 heavy (non-hydrogen) atoms. The monoisotopic (exact) mass is 354 g/mol. The standard InChI is InChI=1S/C14H22N6O3S/c1-10-12(23-3)8-20-13(10)14(16-9-17-20)19-6-4-11(5-7-19)18(2)24(15,21)22/h8-9,11H,4-7H2,1-3H3,(H2,15,21,22). The molecule has 0 unspecified atom stereocenters. The van der Waals surface area contributed by atoms with Crippen LogP contribution in [-0.2, 0) is 10.2 Å². The van der Waals surface area contributed by atoms with Crippen LogP contribution in [0.2, 0.25) is 0 Å². The van der Waals surface area contributed by atoms with Gasteiger partial charge in [-0.1, -0.05) is 0 Å². The molecule has 0 atom stereocenters. The third kappa shape index (κ3) is 2.92. The molecule has 2 aromatic heterocycles. The summed E-state index contributed by atoms with van der Waals surface area (Å²) < 4.78 is 31.4. The molecule has 3 rings (SSSR count). The first-order valence-corrected chi connectivity index (χ1v) is 9.21. The van der Waals surface area contributed by atoms with Crippen molar-refractivity contribution in [1.82, 2.24) is 18.9 Å². The van der Waals surface area contributed by atoms with Gasteiger partial charge in [-0.05, 0) is 19.8 Å². The molecule has 1 aliphatic rings. The quantitative estimate of drug-likeness (QED) is 0.838. The Hall–Kier alpha value is -1.91. The minimum absolute atomic E-state index is 0.0865. The molecule has 1 fully saturated rings. The van der Waals surface area contributed by atoms with Gasteiger partial charge in [-0.2, -0.15) is 17.8 Å². The Morgan fingerprint density at radius 1 is 1.38 bits per heavy atom. The van der Waals surface area contributed by atoms with E-state index in [1.54, 1.807) is 11.6 Å². The van der Waals surface area contributed by atoms with E-state index in [9.17, 15) is 8.42 Å². The Morgan fingerprint density at radius 2 is 2.04 bits per heavy atom. The molecule has 0 amide bonds. The van der Waals surface area contributed by atoms with E-state index in [2.05, 4.69) is 15.0 Å². The van der Waals surface area contributed by atoms with Crippen molar-refractivity contribution in [2.45, 2.75) is 25.8 Å². The maximum absolute atomic E-state index is 11.5. The second kappa shape index (κ2) is 6.19. The summed E-state index contributed by atoms with van der Waals surface area (Å²) in [5, 5.41) is 9.45. The van der Waals surface area contributed by atoms with Crippen molar-refractivity contribution in [1.29, 1.82) is 0 Å². The number of nitrogens with zero attached hydrogens (tertiary/aromatic N) is 5. The minimum Gasteiger partial charge on any atom is -0.495 e. The average molecular weight is 354 g/mol. The van der Waals surface area contributed by atoms with Gasteiger partial charge < -0.3 is 9.64 Å². The fourth-order valence-corrected chi connectivity index (χ4v) is 3.83. The van der Waals surface area contributed by atoms with Crippen molar-refractivity contribution < 1.29 is 13.2 Å². The lowest BCUT2D eigenvalue weighted by atomic mass is 10.1. The van der Waals surface area contributed by atoms with Crippen LogP contribution in [0.3, 0.4) is 0 Å². The van der Waals surface area contributed by atoms with Crippen molar-refractivity contribution in [3.05, 3.63) is 18.1 Å². The fourth-order valence-electron chi connectivity index (χ4n) is 3.21. The number of nitrogens with two attached hydrogens (primary N) is 1. The van der Waals surface area contributed by atoms with Gasteiger partial charge in [-0.3, -0.25) is 0 Å². The normalized spacial score (nSPS) is 17.0. The summed E-state index contributed by atoms with van der Waals surface area (Å²) in [5.41, 5.74) is 1.89. The van der Waals surface area contributed by atoms with E-state index in [4.69, 9.17) is 9.88 Å². The van der Waals surface area contributed by atoms with E-state index >= 15 is 0 Å². The first-order chi connectivity index (χ1) is 11.3. The van der Waals surface area contributed by atoms with Crippen LogP contribution in [0.25, 0.3) is 5.52 Å². The van der Waals surface area contributed by atoms with Gasteiger partial charge in [-0.15, -0.1) is 0 Å². The number of aryl methyl sites for hydroxylation is 1. The lowest BCUT2D eigenvalue weighted by molar-refractivity contribution is 0.312. The largest absolute Gasteiger partial charge is 0.495 e. The molecule has 9 nitrogen and oxygen atoms in total. The van der Waals surface area contributed by atoms with E-state index in [1.165, 1.54) is 17.7 Å². The van der Waals surface area contributed by atoms with E-state index in [-0.39, 0.29) is 6.04 Å². The number of anilines is 1. The van der Waals surface area contributed by atoms with Crippen LogP contribution in [0.4, 0.5) is 5.82 Å². The Morgan fingerprint density at radius 3 is 2.62 bits per heavy atom. The van der Waals surface area contributed by atoms with E-state index in [0.29, 0.717) is 25.9 Å². The number of methoxy groups -OCH3 is 1. The Labute approximate surface area is 141 Å². The van der Waals surface area contributed by atoms with E-state index in [0.717, 1.165) is 22.6 Å². The van der Waals surface area contributed by atoms with Gasteiger partial charge in [0.2, 0.25) is 0 Å². The van der Waals surface area contributed by atoms with Gasteiger partial charge in [0.1, 0.15) is 17.6 Å². The van der Waals surface area contributed by atoms with Crippen molar-refractivity contribution in [2.75, 3.05) is 32.1 Å². The highest BCUT2D eigenvalue weighted by atomic mass is 32.2. The molecule has 3 heterocycles. The van der Waals surface area contributed by atoms with Gasteiger partial charge in [0.25, 0.3) is 10.2 Å². The Kier molecular flexibility index (Phi) is 4.37. The van der Waals surface area contributed by atoms with Gasteiger partial charge in [0.15, 0.2) is 5.82 Å². The number of hydrogen-bond acceptors (Lipinski definition) is 6. The summed E-state index contributed by atoms with van der Waals surface area (Å²) in [6, 6.07) is -0.0865. The topological polar surface area (TPSA) is 106 Å². The number of hydrogen-bond donors (Lipinski definition) is 1. The Balaban J connectivity index is 1.85. The molecule has 0 aliphatic carbocycles. The first-order valence-electron chi connectivity index (χ1n) is 7.70. The van der Waals surface area contributed by atoms with Gasteiger partial charge in [0.05, 0.1) is 13.3 Å². The predicted molar refractivity (Wildman–Crippen MR) is 90.4 cm³/mol. The van der Waals surface area contributed by atoms with E-state index < -0.39 is 10.2 Å². The predicted octanol–water partition coefficient (Wildman–Crippen LogP) is 0.150. The minimum atomic E-state index is -3.66. The highest BCUT2D eigenvalue weighted by Crippen LogP contribution is 2.31. The number of fused-ring (bicyclic) bond motifs is 1. The molecular formula is C14H22N6O3S. The van der Waals surface area contributed by atoms with Crippen molar-refractivity contribution in [3.63, 3.8) is 0 Å². The van der Waals surface area contributed by atoms with Gasteiger partial charge in [-0.25, -0.2) is 14.6 Å². The van der Waals surface area contributed by atoms with Crippen LogP contribution in [0.1, 0.15) is 18.4 Å². The van der Waals surface area contributed by atoms with Crippen LogP contribution in [0, 0.1) is 6.92 Å². The molecule has 1 saturated heterocycles. The average Bonchev–Trinajstić information content (AvgIpc) is 2.90. The summed E-state index contributed by atoms with van der Waals surface area (Å²) in [4.78, 5) is 6.59. The fraction of sp³-hybridized carbons (Fsp3) is 0.571. The molecule has 0 bridgehead atoms. The third-order valence-corrected chi connectivity index (χ3v) is 5.76. The summed E-state index contributed by atoms with van der Waals surface area (Å²) >= 11 is 0. The number of aromatic nitrogens is 3. The van der Waals surface area contributed by atoms with Gasteiger partial charge in [0, 0.05) is 31.7 Å². The van der Waals surface area contributed by atoms with Crippen molar-refractivity contribution in [3.8, 4) is 5.75 Å². The number of piperidine rings is 1.